The van der Waals surface area contributed by atoms with Crippen molar-refractivity contribution >= 4 is 17.5 Å². The largest absolute Gasteiger partial charge is 0.453 e. The lowest BCUT2D eigenvalue weighted by Gasteiger charge is -2.44. The number of hydrogen-bond acceptors (Lipinski definition) is 7. The standard InChI is InChI=1S/C29H35NO6/c1-5-9-23(30-35-17-20-12-14-22(15-13-20)21-10-7-6-8-11-21)25-24(31)16-29(4,36-26(25)32)27-33-18-28(2,3)19-34-27/h6-8,10-15,25,27H,5,9,16-19H2,1-4H3/b30-23+. The Labute approximate surface area is 212 Å². The quantitative estimate of drug-likeness (QED) is 0.214. The van der Waals surface area contributed by atoms with Gasteiger partial charge in [-0.1, -0.05) is 86.9 Å². The van der Waals surface area contributed by atoms with E-state index >= 15 is 0 Å². The van der Waals surface area contributed by atoms with E-state index in [2.05, 4.69) is 17.3 Å². The number of nitrogens with zero attached hydrogens (tertiary/aromatic N) is 1. The molecule has 2 saturated heterocycles. The molecule has 0 amide bonds. The SMILES string of the molecule is CCC/C(=N\OCc1ccc(-c2ccccc2)cc1)C1C(=O)CC(C)(C2OCC(C)(C)CO2)OC1=O. The molecule has 192 valence electrons. The molecule has 4 rings (SSSR count). The molecule has 0 radical (unpaired) electrons. The zero-order chi connectivity index (χ0) is 25.8. The summed E-state index contributed by atoms with van der Waals surface area (Å²) in [6.45, 7) is 8.88. The topological polar surface area (TPSA) is 83.4 Å². The molecular weight excluding hydrogens is 458 g/mol. The monoisotopic (exact) mass is 493 g/mol. The number of esters is 1. The molecule has 36 heavy (non-hydrogen) atoms. The molecule has 0 aromatic heterocycles. The number of cyclic esters (lactones) is 1. The second-order valence-corrected chi connectivity index (χ2v) is 10.6. The highest BCUT2D eigenvalue weighted by molar-refractivity contribution is 6.20. The molecule has 0 saturated carbocycles. The first-order valence-corrected chi connectivity index (χ1v) is 12.5. The van der Waals surface area contributed by atoms with Gasteiger partial charge in [-0.3, -0.25) is 9.59 Å². The summed E-state index contributed by atoms with van der Waals surface area (Å²) >= 11 is 0. The minimum atomic E-state index is -1.17. The fourth-order valence-electron chi connectivity index (χ4n) is 4.52. The highest BCUT2D eigenvalue weighted by Crippen LogP contribution is 2.36. The zero-order valence-corrected chi connectivity index (χ0v) is 21.5. The van der Waals surface area contributed by atoms with Gasteiger partial charge in [0.1, 0.15) is 6.61 Å². The molecule has 2 aromatic rings. The summed E-state index contributed by atoms with van der Waals surface area (Å²) in [4.78, 5) is 31.8. The van der Waals surface area contributed by atoms with Gasteiger partial charge in [-0.2, -0.15) is 0 Å². The maximum atomic E-state index is 13.2. The fraction of sp³-hybridized carbons (Fsp3) is 0.483. The van der Waals surface area contributed by atoms with Crippen molar-refractivity contribution < 1.29 is 28.6 Å². The summed E-state index contributed by atoms with van der Waals surface area (Å²) in [6, 6.07) is 18.1. The Bertz CT molecular complexity index is 1060. The number of ether oxygens (including phenoxy) is 3. The fourth-order valence-corrected chi connectivity index (χ4v) is 4.52. The van der Waals surface area contributed by atoms with E-state index in [0.717, 1.165) is 16.7 Å². The maximum Gasteiger partial charge on any atom is 0.323 e. The van der Waals surface area contributed by atoms with E-state index in [9.17, 15) is 9.59 Å². The first-order chi connectivity index (χ1) is 17.2. The van der Waals surface area contributed by atoms with Crippen molar-refractivity contribution in [1.82, 2.24) is 0 Å². The van der Waals surface area contributed by atoms with Crippen molar-refractivity contribution in [3.8, 4) is 11.1 Å². The molecular formula is C29H35NO6. The summed E-state index contributed by atoms with van der Waals surface area (Å²) in [5.41, 5.74) is 2.29. The molecule has 0 N–H and O–H groups in total. The molecule has 2 aliphatic rings. The molecule has 2 fully saturated rings. The van der Waals surface area contributed by atoms with Gasteiger partial charge in [0.2, 0.25) is 0 Å². The summed E-state index contributed by atoms with van der Waals surface area (Å²) in [7, 11) is 0. The van der Waals surface area contributed by atoms with Crippen LogP contribution in [0.1, 0.15) is 52.5 Å². The second kappa shape index (κ2) is 10.9. The Morgan fingerprint density at radius 3 is 2.22 bits per heavy atom. The lowest BCUT2D eigenvalue weighted by Crippen LogP contribution is -2.58. The van der Waals surface area contributed by atoms with Crippen LogP contribution in [0.15, 0.2) is 59.8 Å². The summed E-state index contributed by atoms with van der Waals surface area (Å²) in [6.07, 6.45) is 0.394. The number of benzene rings is 2. The first-order valence-electron chi connectivity index (χ1n) is 12.5. The summed E-state index contributed by atoms with van der Waals surface area (Å²) in [5.74, 6) is -1.96. The van der Waals surface area contributed by atoms with Crippen LogP contribution in [-0.2, 0) is 35.2 Å². The molecule has 2 atom stereocenters. The molecule has 2 heterocycles. The first kappa shape index (κ1) is 26.0. The number of rotatable bonds is 8. The van der Waals surface area contributed by atoms with E-state index in [0.29, 0.717) is 31.8 Å². The van der Waals surface area contributed by atoms with Crippen LogP contribution < -0.4 is 0 Å². The Morgan fingerprint density at radius 1 is 0.972 bits per heavy atom. The summed E-state index contributed by atoms with van der Waals surface area (Å²) in [5, 5.41) is 4.23. The van der Waals surface area contributed by atoms with Gasteiger partial charge in [0, 0.05) is 5.41 Å². The molecule has 2 unspecified atom stereocenters. The predicted molar refractivity (Wildman–Crippen MR) is 136 cm³/mol. The Morgan fingerprint density at radius 2 is 1.61 bits per heavy atom. The molecule has 7 nitrogen and oxygen atoms in total. The minimum Gasteiger partial charge on any atom is -0.453 e. The average molecular weight is 494 g/mol. The number of oxime groups is 1. The van der Waals surface area contributed by atoms with Gasteiger partial charge in [-0.15, -0.1) is 0 Å². The van der Waals surface area contributed by atoms with Crippen LogP contribution in [0.5, 0.6) is 0 Å². The molecule has 0 aliphatic carbocycles. The third-order valence-corrected chi connectivity index (χ3v) is 6.48. The van der Waals surface area contributed by atoms with Crippen molar-refractivity contribution in [3.05, 3.63) is 60.2 Å². The Balaban J connectivity index is 1.40. The van der Waals surface area contributed by atoms with E-state index in [1.165, 1.54) is 0 Å². The van der Waals surface area contributed by atoms with Crippen LogP contribution in [-0.4, -0.2) is 42.6 Å². The van der Waals surface area contributed by atoms with Gasteiger partial charge in [-0.05, 0) is 30.0 Å². The van der Waals surface area contributed by atoms with E-state index in [1.807, 2.05) is 63.2 Å². The average Bonchev–Trinajstić information content (AvgIpc) is 2.84. The van der Waals surface area contributed by atoms with Gasteiger partial charge in [-0.25, -0.2) is 0 Å². The highest BCUT2D eigenvalue weighted by atomic mass is 16.7. The van der Waals surface area contributed by atoms with Gasteiger partial charge < -0.3 is 19.0 Å². The molecule has 0 bridgehead atoms. The van der Waals surface area contributed by atoms with Crippen LogP contribution >= 0.6 is 0 Å². The highest BCUT2D eigenvalue weighted by Gasteiger charge is 2.52. The summed E-state index contributed by atoms with van der Waals surface area (Å²) < 4.78 is 17.4. The third kappa shape index (κ3) is 6.02. The number of Topliss-reactive ketones (excluding diaryl/α,β-unsaturated/α-hetero) is 1. The van der Waals surface area contributed by atoms with Crippen molar-refractivity contribution in [1.29, 1.82) is 0 Å². The van der Waals surface area contributed by atoms with E-state index in [1.54, 1.807) is 6.92 Å². The van der Waals surface area contributed by atoms with E-state index in [-0.39, 0.29) is 24.2 Å². The van der Waals surface area contributed by atoms with E-state index < -0.39 is 23.8 Å². The minimum absolute atomic E-state index is 0.00180. The maximum absolute atomic E-state index is 13.2. The normalized spacial score (nSPS) is 24.9. The lowest BCUT2D eigenvalue weighted by atomic mass is 9.83. The number of carbonyl (C=O) groups excluding carboxylic acids is 2. The van der Waals surface area contributed by atoms with Crippen LogP contribution in [0.25, 0.3) is 11.1 Å². The van der Waals surface area contributed by atoms with Crippen molar-refractivity contribution in [3.63, 3.8) is 0 Å². The van der Waals surface area contributed by atoms with E-state index in [4.69, 9.17) is 19.0 Å². The van der Waals surface area contributed by atoms with Crippen LogP contribution in [0, 0.1) is 11.3 Å². The van der Waals surface area contributed by atoms with Gasteiger partial charge in [0.25, 0.3) is 0 Å². The van der Waals surface area contributed by atoms with Gasteiger partial charge in [0.05, 0.1) is 25.3 Å². The number of hydrogen-bond donors (Lipinski definition) is 0. The number of carbonyl (C=O) groups is 2. The molecule has 0 spiro atoms. The molecule has 2 aliphatic heterocycles. The van der Waals surface area contributed by atoms with Gasteiger partial charge >= 0.3 is 5.97 Å². The third-order valence-electron chi connectivity index (χ3n) is 6.48. The van der Waals surface area contributed by atoms with Crippen molar-refractivity contribution in [2.75, 3.05) is 13.2 Å². The van der Waals surface area contributed by atoms with Crippen molar-refractivity contribution in [2.45, 2.75) is 65.5 Å². The molecule has 2 aromatic carbocycles. The van der Waals surface area contributed by atoms with Gasteiger partial charge in [0.15, 0.2) is 23.6 Å². The Hall–Kier alpha value is -3.03. The lowest BCUT2D eigenvalue weighted by molar-refractivity contribution is -0.292. The van der Waals surface area contributed by atoms with Crippen LogP contribution in [0.2, 0.25) is 0 Å². The predicted octanol–water partition coefficient (Wildman–Crippen LogP) is 5.32. The van der Waals surface area contributed by atoms with Crippen LogP contribution in [0.3, 0.4) is 0 Å². The smallest absolute Gasteiger partial charge is 0.323 e. The Kier molecular flexibility index (Phi) is 7.91. The number of ketones is 1. The van der Waals surface area contributed by atoms with Crippen molar-refractivity contribution in [2.24, 2.45) is 16.5 Å². The van der Waals surface area contributed by atoms with Crippen LogP contribution in [0.4, 0.5) is 0 Å². The zero-order valence-electron chi connectivity index (χ0n) is 21.5. The molecule has 7 heteroatoms. The second-order valence-electron chi connectivity index (χ2n) is 10.6.